The SMILES string of the molecule is C[B]c1ccc(-c2ccc(C3=NCCN=C3c3ccc(-c4ccc(Br)cc4)cc3)cc2)cc1. The molecule has 4 aromatic carbocycles. The van der Waals surface area contributed by atoms with Gasteiger partial charge in [-0.25, -0.2) is 0 Å². The smallest absolute Gasteiger partial charge is 0.148 e. The Kier molecular flexibility index (Phi) is 6.36. The second-order valence-corrected chi connectivity index (χ2v) is 8.95. The summed E-state index contributed by atoms with van der Waals surface area (Å²) in [6.45, 7) is 3.51. The van der Waals surface area contributed by atoms with Crippen LogP contribution in [-0.2, 0) is 0 Å². The zero-order chi connectivity index (χ0) is 22.6. The van der Waals surface area contributed by atoms with Crippen molar-refractivity contribution in [2.75, 3.05) is 13.1 Å². The van der Waals surface area contributed by atoms with Gasteiger partial charge >= 0.3 is 0 Å². The van der Waals surface area contributed by atoms with Gasteiger partial charge in [0.2, 0.25) is 0 Å². The largest absolute Gasteiger partial charge is 0.281 e. The zero-order valence-electron chi connectivity index (χ0n) is 18.5. The third-order valence-electron chi connectivity index (χ3n) is 5.94. The van der Waals surface area contributed by atoms with Crippen LogP contribution in [0.4, 0.5) is 0 Å². The minimum Gasteiger partial charge on any atom is -0.281 e. The van der Waals surface area contributed by atoms with Crippen molar-refractivity contribution in [1.29, 1.82) is 0 Å². The highest BCUT2D eigenvalue weighted by Gasteiger charge is 2.17. The molecule has 1 aliphatic heterocycles. The number of aliphatic imine (C=N–C) groups is 2. The molecule has 0 N–H and O–H groups in total. The zero-order valence-corrected chi connectivity index (χ0v) is 20.1. The van der Waals surface area contributed by atoms with Gasteiger partial charge in [-0.2, -0.15) is 0 Å². The number of halogens is 1. The standard InChI is InChI=1S/C29H23BBrN2/c1-30-26-14-10-22(11-15-26)20-2-6-24(7-3-20)28-29(33-19-18-32-28)25-8-4-21(5-9-25)23-12-16-27(31)17-13-23/h2-17H,18-19H2,1H3. The topological polar surface area (TPSA) is 24.7 Å². The molecule has 5 rings (SSSR count). The average molecular weight is 490 g/mol. The number of hydrogen-bond acceptors (Lipinski definition) is 2. The van der Waals surface area contributed by atoms with Gasteiger partial charge in [-0.05, 0) is 34.4 Å². The van der Waals surface area contributed by atoms with E-state index >= 15 is 0 Å². The Balaban J connectivity index is 1.39. The molecule has 0 unspecified atom stereocenters. The normalized spacial score (nSPS) is 13.3. The molecule has 0 aromatic heterocycles. The van der Waals surface area contributed by atoms with E-state index in [2.05, 4.69) is 127 Å². The Morgan fingerprint density at radius 1 is 0.515 bits per heavy atom. The third-order valence-corrected chi connectivity index (χ3v) is 6.46. The van der Waals surface area contributed by atoms with Crippen LogP contribution >= 0.6 is 15.9 Å². The highest BCUT2D eigenvalue weighted by atomic mass is 79.9. The van der Waals surface area contributed by atoms with Crippen molar-refractivity contribution in [3.8, 4) is 22.3 Å². The van der Waals surface area contributed by atoms with Crippen LogP contribution < -0.4 is 5.46 Å². The highest BCUT2D eigenvalue weighted by molar-refractivity contribution is 9.10. The molecular weight excluding hydrogens is 467 g/mol. The molecule has 1 heterocycles. The lowest BCUT2D eigenvalue weighted by Crippen LogP contribution is -2.22. The molecule has 4 aromatic rings. The fraction of sp³-hybridized carbons (Fsp3) is 0.103. The van der Waals surface area contributed by atoms with Gasteiger partial charge in [0.15, 0.2) is 0 Å². The molecular formula is C29H23BBrN2. The van der Waals surface area contributed by atoms with Crippen molar-refractivity contribution in [3.05, 3.63) is 113 Å². The molecule has 1 aliphatic rings. The lowest BCUT2D eigenvalue weighted by Gasteiger charge is -2.16. The van der Waals surface area contributed by atoms with Crippen molar-refractivity contribution in [1.82, 2.24) is 0 Å². The van der Waals surface area contributed by atoms with Crippen LogP contribution in [0.1, 0.15) is 11.1 Å². The monoisotopic (exact) mass is 489 g/mol. The van der Waals surface area contributed by atoms with Gasteiger partial charge in [0.05, 0.1) is 24.5 Å². The molecule has 0 spiro atoms. The third kappa shape index (κ3) is 4.76. The molecule has 159 valence electrons. The van der Waals surface area contributed by atoms with E-state index in [0.29, 0.717) is 0 Å². The van der Waals surface area contributed by atoms with Crippen LogP contribution in [0.2, 0.25) is 6.82 Å². The number of benzene rings is 4. The molecule has 4 heteroatoms. The van der Waals surface area contributed by atoms with Crippen LogP contribution in [0.5, 0.6) is 0 Å². The Morgan fingerprint density at radius 2 is 0.848 bits per heavy atom. The summed E-state index contributed by atoms with van der Waals surface area (Å²) in [5.74, 6) is 0. The number of nitrogens with zero attached hydrogens (tertiary/aromatic N) is 2. The summed E-state index contributed by atoms with van der Waals surface area (Å²) in [4.78, 5) is 9.70. The van der Waals surface area contributed by atoms with Gasteiger partial charge < -0.3 is 0 Å². The van der Waals surface area contributed by atoms with E-state index in [9.17, 15) is 0 Å². The van der Waals surface area contributed by atoms with Gasteiger partial charge in [0.25, 0.3) is 0 Å². The molecule has 0 fully saturated rings. The number of hydrogen-bond donors (Lipinski definition) is 0. The molecule has 0 saturated carbocycles. The van der Waals surface area contributed by atoms with Crippen molar-refractivity contribution in [2.45, 2.75) is 6.82 Å². The first-order valence-corrected chi connectivity index (χ1v) is 12.0. The lowest BCUT2D eigenvalue weighted by atomic mass is 9.73. The van der Waals surface area contributed by atoms with Gasteiger partial charge in [-0.3, -0.25) is 9.98 Å². The molecule has 1 radical (unpaired) electrons. The Morgan fingerprint density at radius 3 is 1.24 bits per heavy atom. The van der Waals surface area contributed by atoms with Crippen molar-refractivity contribution >= 4 is 40.1 Å². The lowest BCUT2D eigenvalue weighted by molar-refractivity contribution is 0.964. The van der Waals surface area contributed by atoms with Crippen molar-refractivity contribution in [2.24, 2.45) is 9.98 Å². The van der Waals surface area contributed by atoms with Gasteiger partial charge in [0.1, 0.15) is 7.28 Å². The summed E-state index contributed by atoms with van der Waals surface area (Å²) in [5, 5.41) is 0. The van der Waals surface area contributed by atoms with Crippen LogP contribution in [0.15, 0.2) is 112 Å². The maximum Gasteiger partial charge on any atom is 0.148 e. The van der Waals surface area contributed by atoms with E-state index in [-0.39, 0.29) is 0 Å². The second kappa shape index (κ2) is 9.72. The summed E-state index contributed by atoms with van der Waals surface area (Å²) < 4.78 is 1.09. The molecule has 0 saturated heterocycles. The fourth-order valence-electron chi connectivity index (χ4n) is 4.08. The minimum absolute atomic E-state index is 0.728. The van der Waals surface area contributed by atoms with Gasteiger partial charge in [-0.15, -0.1) is 0 Å². The van der Waals surface area contributed by atoms with Crippen LogP contribution in [0.3, 0.4) is 0 Å². The van der Waals surface area contributed by atoms with E-state index in [0.717, 1.165) is 40.1 Å². The second-order valence-electron chi connectivity index (χ2n) is 8.03. The highest BCUT2D eigenvalue weighted by Crippen LogP contribution is 2.24. The molecule has 0 atom stereocenters. The van der Waals surface area contributed by atoms with Crippen LogP contribution in [0, 0.1) is 0 Å². The van der Waals surface area contributed by atoms with Gasteiger partial charge in [-0.1, -0.05) is 113 Å². The minimum atomic E-state index is 0.728. The van der Waals surface area contributed by atoms with Crippen molar-refractivity contribution < 1.29 is 0 Å². The predicted octanol–water partition coefficient (Wildman–Crippen LogP) is 6.45. The maximum atomic E-state index is 4.85. The van der Waals surface area contributed by atoms with E-state index in [1.165, 1.54) is 27.7 Å². The number of rotatable bonds is 5. The first-order valence-electron chi connectivity index (χ1n) is 11.2. The Labute approximate surface area is 204 Å². The summed E-state index contributed by atoms with van der Waals surface area (Å²) in [5.41, 5.74) is 10.2. The molecule has 33 heavy (non-hydrogen) atoms. The Bertz CT molecular complexity index is 1300. The summed E-state index contributed by atoms with van der Waals surface area (Å²) in [6, 6.07) is 34.3. The molecule has 0 amide bonds. The van der Waals surface area contributed by atoms with Crippen molar-refractivity contribution in [3.63, 3.8) is 0 Å². The van der Waals surface area contributed by atoms with E-state index in [1.54, 1.807) is 0 Å². The van der Waals surface area contributed by atoms with E-state index in [1.807, 2.05) is 0 Å². The Hall–Kier alpha value is -3.24. The molecule has 2 nitrogen and oxygen atoms in total. The average Bonchev–Trinajstić information content (AvgIpc) is 2.89. The van der Waals surface area contributed by atoms with E-state index in [4.69, 9.17) is 9.98 Å². The van der Waals surface area contributed by atoms with E-state index < -0.39 is 0 Å². The van der Waals surface area contributed by atoms with Crippen LogP contribution in [-0.4, -0.2) is 31.8 Å². The summed E-state index contributed by atoms with van der Waals surface area (Å²) in [6.07, 6.45) is 0. The summed E-state index contributed by atoms with van der Waals surface area (Å²) >= 11 is 3.50. The molecule has 0 bridgehead atoms. The quantitative estimate of drug-likeness (QED) is 0.287. The summed E-state index contributed by atoms with van der Waals surface area (Å²) in [7, 11) is 2.11. The molecule has 0 aliphatic carbocycles. The first-order chi connectivity index (χ1) is 16.2. The van der Waals surface area contributed by atoms with Crippen LogP contribution in [0.25, 0.3) is 22.3 Å². The first kappa shape index (κ1) is 21.6. The van der Waals surface area contributed by atoms with Gasteiger partial charge in [0, 0.05) is 15.6 Å². The predicted molar refractivity (Wildman–Crippen MR) is 146 cm³/mol. The fourth-order valence-corrected chi connectivity index (χ4v) is 4.35. The maximum absolute atomic E-state index is 4.85.